The minimum absolute atomic E-state index is 0.207. The van der Waals surface area contributed by atoms with Gasteiger partial charge in [0, 0.05) is 6.61 Å². The first-order chi connectivity index (χ1) is 11.7. The van der Waals surface area contributed by atoms with Crippen molar-refractivity contribution in [3.05, 3.63) is 21.3 Å². The van der Waals surface area contributed by atoms with E-state index in [-0.39, 0.29) is 18.4 Å². The van der Waals surface area contributed by atoms with Crippen molar-refractivity contribution in [3.63, 3.8) is 0 Å². The van der Waals surface area contributed by atoms with Gasteiger partial charge in [-0.15, -0.1) is 0 Å². The highest BCUT2D eigenvalue weighted by atomic mass is 127. The van der Waals surface area contributed by atoms with E-state index in [9.17, 15) is 4.79 Å². The number of benzene rings is 1. The molecule has 0 bridgehead atoms. The highest BCUT2D eigenvalue weighted by molar-refractivity contribution is 14.1. The van der Waals surface area contributed by atoms with Gasteiger partial charge in [-0.05, 0) is 81.3 Å². The summed E-state index contributed by atoms with van der Waals surface area (Å²) in [6, 6.07) is 3.78. The second-order valence-corrected chi connectivity index (χ2v) is 7.62. The zero-order chi connectivity index (χ0) is 19.2. The van der Waals surface area contributed by atoms with Crippen molar-refractivity contribution >= 4 is 28.6 Å². The predicted molar refractivity (Wildman–Crippen MR) is 106 cm³/mol. The topological polar surface area (TPSA) is 54.0 Å². The molecule has 0 N–H and O–H groups in total. The van der Waals surface area contributed by atoms with Gasteiger partial charge in [0.25, 0.3) is 0 Å². The van der Waals surface area contributed by atoms with Crippen molar-refractivity contribution in [2.45, 2.75) is 60.4 Å². The molecule has 0 saturated heterocycles. The molecule has 0 aliphatic rings. The van der Waals surface area contributed by atoms with Gasteiger partial charge in [0.2, 0.25) is 0 Å². The summed E-state index contributed by atoms with van der Waals surface area (Å²) in [5.74, 6) is 1.01. The van der Waals surface area contributed by atoms with Gasteiger partial charge < -0.3 is 18.9 Å². The van der Waals surface area contributed by atoms with Crippen LogP contribution in [0, 0.1) is 8.99 Å². The molecule has 0 spiro atoms. The molecule has 142 valence electrons. The molecule has 1 aromatic rings. The molecule has 1 aromatic carbocycles. The largest absolute Gasteiger partial charge is 0.493 e. The first-order valence-corrected chi connectivity index (χ1v) is 9.60. The molecule has 0 aliphatic heterocycles. The fourth-order valence-electron chi connectivity index (χ4n) is 2.06. The van der Waals surface area contributed by atoms with Crippen LogP contribution in [0.1, 0.15) is 59.6 Å². The number of halogens is 1. The Bertz CT molecular complexity index is 585. The third-order valence-corrected chi connectivity index (χ3v) is 4.93. The lowest BCUT2D eigenvalue weighted by Crippen LogP contribution is -2.26. The second-order valence-electron chi connectivity index (χ2n) is 6.46. The van der Waals surface area contributed by atoms with Crippen LogP contribution in [0.25, 0.3) is 0 Å². The smallest absolute Gasteiger partial charge is 0.312 e. The van der Waals surface area contributed by atoms with E-state index in [1.54, 1.807) is 7.11 Å². The first kappa shape index (κ1) is 22.0. The van der Waals surface area contributed by atoms with Gasteiger partial charge in [0.1, 0.15) is 6.10 Å². The average molecular weight is 464 g/mol. The summed E-state index contributed by atoms with van der Waals surface area (Å²) in [6.45, 7) is 11.9. The molecule has 2 unspecified atom stereocenters. The van der Waals surface area contributed by atoms with Crippen molar-refractivity contribution in [2.75, 3.05) is 13.7 Å². The Morgan fingerprint density at radius 1 is 1.24 bits per heavy atom. The van der Waals surface area contributed by atoms with E-state index in [4.69, 9.17) is 18.9 Å². The van der Waals surface area contributed by atoms with Gasteiger partial charge in [-0.25, -0.2) is 0 Å². The molecule has 6 heteroatoms. The van der Waals surface area contributed by atoms with Gasteiger partial charge in [-0.2, -0.15) is 0 Å². The van der Waals surface area contributed by atoms with Crippen molar-refractivity contribution in [2.24, 2.45) is 5.41 Å². The molecule has 0 radical (unpaired) electrons. The molecule has 0 heterocycles. The predicted octanol–water partition coefficient (Wildman–Crippen LogP) is 5.10. The normalized spacial score (nSPS) is 13.9. The number of carbonyl (C=O) groups excluding carboxylic acids is 1. The Kier molecular flexibility index (Phi) is 8.47. The maximum Gasteiger partial charge on any atom is 0.312 e. The lowest BCUT2D eigenvalue weighted by atomic mass is 9.90. The number of hydrogen-bond acceptors (Lipinski definition) is 5. The van der Waals surface area contributed by atoms with E-state index in [2.05, 4.69) is 22.6 Å². The summed E-state index contributed by atoms with van der Waals surface area (Å²) >= 11 is 2.19. The monoisotopic (exact) mass is 464 g/mol. The van der Waals surface area contributed by atoms with Crippen LogP contribution < -0.4 is 9.47 Å². The Morgan fingerprint density at radius 2 is 1.88 bits per heavy atom. The van der Waals surface area contributed by atoms with Crippen LogP contribution >= 0.6 is 22.6 Å². The molecule has 0 aliphatic carbocycles. The summed E-state index contributed by atoms with van der Waals surface area (Å²) < 4.78 is 23.2. The van der Waals surface area contributed by atoms with Crippen molar-refractivity contribution in [1.29, 1.82) is 0 Å². The van der Waals surface area contributed by atoms with Gasteiger partial charge in [-0.3, -0.25) is 4.79 Å². The van der Waals surface area contributed by atoms with E-state index in [1.807, 2.05) is 53.7 Å². The molecule has 0 amide bonds. The number of hydrogen-bond donors (Lipinski definition) is 0. The van der Waals surface area contributed by atoms with E-state index < -0.39 is 5.41 Å². The third-order valence-electron chi connectivity index (χ3n) is 4.13. The number of methoxy groups -OCH3 is 1. The summed E-state index contributed by atoms with van der Waals surface area (Å²) in [5, 5.41) is 0. The average Bonchev–Trinajstić information content (AvgIpc) is 2.56. The van der Waals surface area contributed by atoms with Gasteiger partial charge in [0.05, 0.1) is 16.1 Å². The lowest BCUT2D eigenvalue weighted by Gasteiger charge is -2.24. The van der Waals surface area contributed by atoms with E-state index >= 15 is 0 Å². The summed E-state index contributed by atoms with van der Waals surface area (Å²) in [5.41, 5.74) is 0.361. The molecule has 5 nitrogen and oxygen atoms in total. The minimum Gasteiger partial charge on any atom is -0.493 e. The minimum atomic E-state index is -0.499. The van der Waals surface area contributed by atoms with Crippen LogP contribution in [-0.2, 0) is 14.3 Å². The van der Waals surface area contributed by atoms with Crippen molar-refractivity contribution in [1.82, 2.24) is 0 Å². The molecule has 1 rings (SSSR count). The zero-order valence-electron chi connectivity index (χ0n) is 16.1. The van der Waals surface area contributed by atoms with Gasteiger partial charge in [0.15, 0.2) is 17.8 Å². The molecule has 25 heavy (non-hydrogen) atoms. The standard InChI is InChI=1S/C19H29IO5/c1-8-19(5,6)18(21)24-12(3)14-10-15(20)17(16(11-14)22-7)25-13(4)23-9-2/h10-13H,8-9H2,1-7H3. The molecule has 0 aromatic heterocycles. The van der Waals surface area contributed by atoms with E-state index in [1.165, 1.54) is 0 Å². The van der Waals surface area contributed by atoms with E-state index in [0.29, 0.717) is 18.1 Å². The second kappa shape index (κ2) is 9.62. The Balaban J connectivity index is 3.02. The van der Waals surface area contributed by atoms with Crippen LogP contribution in [0.4, 0.5) is 0 Å². The molecule has 0 saturated carbocycles. The highest BCUT2D eigenvalue weighted by Crippen LogP contribution is 2.37. The molecule has 2 atom stereocenters. The maximum atomic E-state index is 12.3. The first-order valence-electron chi connectivity index (χ1n) is 8.53. The fraction of sp³-hybridized carbons (Fsp3) is 0.632. The van der Waals surface area contributed by atoms with Crippen LogP contribution in [0.3, 0.4) is 0 Å². The Labute approximate surface area is 164 Å². The summed E-state index contributed by atoms with van der Waals surface area (Å²) in [7, 11) is 1.59. The van der Waals surface area contributed by atoms with Crippen LogP contribution in [0.15, 0.2) is 12.1 Å². The van der Waals surface area contributed by atoms with Crippen molar-refractivity contribution in [3.8, 4) is 11.5 Å². The molecular formula is C19H29IO5. The number of carbonyl (C=O) groups is 1. The number of esters is 1. The summed E-state index contributed by atoms with van der Waals surface area (Å²) in [6.07, 6.45) is -0.0282. The van der Waals surface area contributed by atoms with Crippen LogP contribution in [0.2, 0.25) is 0 Å². The van der Waals surface area contributed by atoms with Gasteiger partial charge in [-0.1, -0.05) is 6.92 Å². The quantitative estimate of drug-likeness (QED) is 0.289. The van der Waals surface area contributed by atoms with Crippen LogP contribution in [-0.4, -0.2) is 26.0 Å². The maximum absolute atomic E-state index is 12.3. The molecular weight excluding hydrogens is 435 g/mol. The molecule has 0 fully saturated rings. The number of rotatable bonds is 9. The Morgan fingerprint density at radius 3 is 2.40 bits per heavy atom. The third kappa shape index (κ3) is 6.02. The fourth-order valence-corrected chi connectivity index (χ4v) is 2.81. The SMILES string of the molecule is CCOC(C)Oc1c(I)cc(C(C)OC(=O)C(C)(C)CC)cc1OC. The Hall–Kier alpha value is -1.02. The lowest BCUT2D eigenvalue weighted by molar-refractivity contribution is -0.159. The summed E-state index contributed by atoms with van der Waals surface area (Å²) in [4.78, 5) is 12.3. The van der Waals surface area contributed by atoms with Crippen LogP contribution in [0.5, 0.6) is 11.5 Å². The number of ether oxygens (including phenoxy) is 4. The highest BCUT2D eigenvalue weighted by Gasteiger charge is 2.29. The van der Waals surface area contributed by atoms with Gasteiger partial charge >= 0.3 is 5.97 Å². The zero-order valence-corrected chi connectivity index (χ0v) is 18.3. The van der Waals surface area contributed by atoms with E-state index in [0.717, 1.165) is 15.6 Å². The van der Waals surface area contributed by atoms with Crippen molar-refractivity contribution < 1.29 is 23.7 Å².